The molecule has 0 unspecified atom stereocenters. The fraction of sp³-hybridized carbons (Fsp3) is 0.478. The summed E-state index contributed by atoms with van der Waals surface area (Å²) in [5.74, 6) is -0.891. The van der Waals surface area contributed by atoms with Crippen LogP contribution in [-0.4, -0.2) is 64.1 Å². The summed E-state index contributed by atoms with van der Waals surface area (Å²) >= 11 is 1.41. The van der Waals surface area contributed by atoms with Gasteiger partial charge in [-0.15, -0.1) is 11.8 Å². The summed E-state index contributed by atoms with van der Waals surface area (Å²) < 4.78 is 16.4. The van der Waals surface area contributed by atoms with Crippen molar-refractivity contribution in [2.24, 2.45) is 0 Å². The van der Waals surface area contributed by atoms with E-state index in [4.69, 9.17) is 14.2 Å². The average Bonchev–Trinajstić information content (AvgIpc) is 3.20. The van der Waals surface area contributed by atoms with E-state index in [1.165, 1.54) is 16.7 Å². The van der Waals surface area contributed by atoms with Gasteiger partial charge in [-0.05, 0) is 39.3 Å². The molecule has 1 N–H and O–H groups in total. The number of thioether (sulfide) groups is 1. The van der Waals surface area contributed by atoms with Crippen LogP contribution in [0.25, 0.3) is 0 Å². The zero-order valence-corrected chi connectivity index (χ0v) is 19.5. The molecule has 0 radical (unpaired) electrons. The smallest absolute Gasteiger partial charge is 0.355 e. The number of hydrogen-bond acceptors (Lipinski definition) is 8. The molecule has 0 saturated carbocycles. The molecule has 2 fully saturated rings. The Labute approximate surface area is 195 Å². The highest BCUT2D eigenvalue weighted by Crippen LogP contribution is 2.43. The molecule has 1 aromatic carbocycles. The maximum absolute atomic E-state index is 13.1. The molecule has 0 aromatic heterocycles. The van der Waals surface area contributed by atoms with Gasteiger partial charge in [-0.3, -0.25) is 19.3 Å². The molecule has 3 heterocycles. The summed E-state index contributed by atoms with van der Waals surface area (Å²) in [5, 5.41) is 2.24. The molecule has 10 heteroatoms. The first-order valence-corrected chi connectivity index (χ1v) is 11.8. The van der Waals surface area contributed by atoms with E-state index in [1.807, 2.05) is 6.07 Å². The predicted molar refractivity (Wildman–Crippen MR) is 119 cm³/mol. The van der Waals surface area contributed by atoms with Gasteiger partial charge in [0.2, 0.25) is 0 Å². The van der Waals surface area contributed by atoms with Gasteiger partial charge in [-0.2, -0.15) is 0 Å². The van der Waals surface area contributed by atoms with Crippen molar-refractivity contribution in [2.75, 3.05) is 12.4 Å². The number of esters is 2. The van der Waals surface area contributed by atoms with Gasteiger partial charge in [0.1, 0.15) is 34.6 Å². The van der Waals surface area contributed by atoms with Crippen molar-refractivity contribution in [3.05, 3.63) is 41.6 Å². The Morgan fingerprint density at radius 3 is 2.58 bits per heavy atom. The molecule has 9 nitrogen and oxygen atoms in total. The van der Waals surface area contributed by atoms with Crippen LogP contribution in [0.2, 0.25) is 0 Å². The third-order valence-electron chi connectivity index (χ3n) is 5.29. The molecule has 2 amide bonds. The number of ether oxygens (including phenoxy) is 3. The molecule has 1 aromatic rings. The van der Waals surface area contributed by atoms with Crippen molar-refractivity contribution in [3.63, 3.8) is 0 Å². The van der Waals surface area contributed by atoms with E-state index < -0.39 is 40.9 Å². The number of carbonyl (C=O) groups excluding carboxylic acids is 4. The fourth-order valence-corrected chi connectivity index (χ4v) is 5.26. The van der Waals surface area contributed by atoms with Crippen LogP contribution in [0.4, 0.5) is 0 Å². The minimum absolute atomic E-state index is 0.115. The van der Waals surface area contributed by atoms with E-state index in [0.717, 1.165) is 0 Å². The van der Waals surface area contributed by atoms with Crippen LogP contribution in [0.5, 0.6) is 5.75 Å². The topological polar surface area (TPSA) is 111 Å². The molecule has 4 rings (SSSR count). The fourth-order valence-electron chi connectivity index (χ4n) is 3.86. The van der Waals surface area contributed by atoms with Crippen LogP contribution in [-0.2, 0) is 28.7 Å². The molecule has 176 valence electrons. The maximum Gasteiger partial charge on any atom is 0.355 e. The average molecular weight is 475 g/mol. The first-order chi connectivity index (χ1) is 15.6. The summed E-state index contributed by atoms with van der Waals surface area (Å²) in [7, 11) is 0. The number of nitrogens with zero attached hydrogens (tertiary/aromatic N) is 1. The Balaban J connectivity index is 1.48. The highest BCUT2D eigenvalue weighted by molar-refractivity contribution is 8.00. The Morgan fingerprint density at radius 2 is 1.94 bits per heavy atom. The minimum Gasteiger partial charge on any atom is -0.484 e. The van der Waals surface area contributed by atoms with E-state index in [2.05, 4.69) is 5.32 Å². The van der Waals surface area contributed by atoms with Gasteiger partial charge in [0.05, 0.1) is 0 Å². The highest BCUT2D eigenvalue weighted by Gasteiger charge is 2.55. The van der Waals surface area contributed by atoms with Crippen molar-refractivity contribution >= 4 is 35.5 Å². The first kappa shape index (κ1) is 23.2. The minimum atomic E-state index is -0.785. The summed E-state index contributed by atoms with van der Waals surface area (Å²) in [6.07, 6.45) is 0.150. The van der Waals surface area contributed by atoms with Crippen LogP contribution >= 0.6 is 11.8 Å². The van der Waals surface area contributed by atoms with Crippen molar-refractivity contribution in [3.8, 4) is 5.75 Å². The lowest BCUT2D eigenvalue weighted by Gasteiger charge is -2.50. The molecule has 0 spiro atoms. The van der Waals surface area contributed by atoms with Crippen molar-refractivity contribution in [2.45, 2.75) is 56.7 Å². The van der Waals surface area contributed by atoms with Crippen LogP contribution in [0.1, 0.15) is 33.6 Å². The number of carbonyl (C=O) groups is 4. The lowest BCUT2D eigenvalue weighted by molar-refractivity contribution is -0.159. The molecule has 3 atom stereocenters. The summed E-state index contributed by atoms with van der Waals surface area (Å²) in [4.78, 5) is 51.5. The number of rotatable bonds is 6. The largest absolute Gasteiger partial charge is 0.484 e. The monoisotopic (exact) mass is 474 g/mol. The highest BCUT2D eigenvalue weighted by atomic mass is 32.2. The molecular formula is C23H26N2O7S. The summed E-state index contributed by atoms with van der Waals surface area (Å²) in [6, 6.07) is 8.11. The second-order valence-corrected chi connectivity index (χ2v) is 10.1. The molecule has 0 bridgehead atoms. The molecule has 3 aliphatic heterocycles. The van der Waals surface area contributed by atoms with Gasteiger partial charge in [0.15, 0.2) is 6.61 Å². The predicted octanol–water partition coefficient (Wildman–Crippen LogP) is 1.77. The van der Waals surface area contributed by atoms with Gasteiger partial charge in [-0.25, -0.2) is 4.79 Å². The maximum atomic E-state index is 13.1. The SMILES string of the molecule is CC(C)(C)OC(=O)C1=C([C@H]2CCC(=O)O2)CS[C@@H]2[C@H](NC(=O)COc3ccccc3)C(=O)N12. The van der Waals surface area contributed by atoms with E-state index in [1.54, 1.807) is 45.0 Å². The Bertz CT molecular complexity index is 1000. The molecule has 33 heavy (non-hydrogen) atoms. The number of hydrogen-bond donors (Lipinski definition) is 1. The van der Waals surface area contributed by atoms with Gasteiger partial charge in [0.25, 0.3) is 11.8 Å². The van der Waals surface area contributed by atoms with Crippen LogP contribution in [0, 0.1) is 0 Å². The Morgan fingerprint density at radius 1 is 1.21 bits per heavy atom. The summed E-state index contributed by atoms with van der Waals surface area (Å²) in [6.45, 7) is 4.99. The van der Waals surface area contributed by atoms with Gasteiger partial charge in [-0.1, -0.05) is 18.2 Å². The van der Waals surface area contributed by atoms with E-state index in [0.29, 0.717) is 23.5 Å². The number of benzene rings is 1. The first-order valence-electron chi connectivity index (χ1n) is 10.7. The van der Waals surface area contributed by atoms with Crippen molar-refractivity contribution < 1.29 is 33.4 Å². The number of cyclic esters (lactones) is 1. The second kappa shape index (κ2) is 9.09. The van der Waals surface area contributed by atoms with Gasteiger partial charge < -0.3 is 19.5 Å². The lowest BCUT2D eigenvalue weighted by Crippen LogP contribution is -2.71. The van der Waals surface area contributed by atoms with Gasteiger partial charge >= 0.3 is 11.9 Å². The number of β-lactam (4-membered cyclic amide) rings is 1. The standard InChI is InChI=1S/C23H26N2O7S/c1-23(2,3)32-22(29)19-14(15-9-10-17(27)31-15)12-33-21-18(20(28)25(19)21)24-16(26)11-30-13-7-5-4-6-8-13/h4-8,15,18,21H,9-12H2,1-3H3,(H,24,26)/t15-,18-,21-/m1/s1. The van der Waals surface area contributed by atoms with Crippen molar-refractivity contribution in [1.82, 2.24) is 10.2 Å². The molecule has 2 saturated heterocycles. The zero-order chi connectivity index (χ0) is 23.8. The Hall–Kier alpha value is -3.01. The second-order valence-electron chi connectivity index (χ2n) is 8.95. The third-order valence-corrected chi connectivity index (χ3v) is 6.59. The van der Waals surface area contributed by atoms with Crippen LogP contribution in [0.3, 0.4) is 0 Å². The number of para-hydroxylation sites is 1. The third kappa shape index (κ3) is 5.00. The van der Waals surface area contributed by atoms with E-state index in [9.17, 15) is 19.2 Å². The number of fused-ring (bicyclic) bond motifs is 1. The van der Waals surface area contributed by atoms with E-state index >= 15 is 0 Å². The lowest BCUT2D eigenvalue weighted by atomic mass is 9.99. The molecule has 3 aliphatic rings. The normalized spacial score (nSPS) is 24.6. The van der Waals surface area contributed by atoms with E-state index in [-0.39, 0.29) is 24.7 Å². The Kier molecular flexibility index (Phi) is 6.38. The zero-order valence-electron chi connectivity index (χ0n) is 18.7. The van der Waals surface area contributed by atoms with Crippen LogP contribution in [0.15, 0.2) is 41.6 Å². The van der Waals surface area contributed by atoms with Crippen molar-refractivity contribution in [1.29, 1.82) is 0 Å². The molecule has 0 aliphatic carbocycles. The molecular weight excluding hydrogens is 448 g/mol. The summed E-state index contributed by atoms with van der Waals surface area (Å²) in [5.41, 5.74) is -0.0795. The number of amides is 2. The van der Waals surface area contributed by atoms with Crippen LogP contribution < -0.4 is 10.1 Å². The quantitative estimate of drug-likeness (QED) is 0.491. The van der Waals surface area contributed by atoms with Gasteiger partial charge in [0, 0.05) is 17.7 Å². The number of nitrogens with one attached hydrogen (secondary N) is 1.